The molecule has 0 spiro atoms. The van der Waals surface area contributed by atoms with Gasteiger partial charge in [-0.15, -0.1) is 0 Å². The van der Waals surface area contributed by atoms with Crippen LogP contribution in [0.15, 0.2) is 42.5 Å². The van der Waals surface area contributed by atoms with Crippen molar-refractivity contribution < 1.29 is 9.72 Å². The fourth-order valence-electron chi connectivity index (χ4n) is 3.55. The van der Waals surface area contributed by atoms with Crippen LogP contribution < -0.4 is 4.90 Å². The van der Waals surface area contributed by atoms with Gasteiger partial charge in [0.15, 0.2) is 0 Å². The van der Waals surface area contributed by atoms with Gasteiger partial charge in [-0.1, -0.05) is 29.8 Å². The lowest BCUT2D eigenvalue weighted by molar-refractivity contribution is -0.384. The number of anilines is 1. The Morgan fingerprint density at radius 1 is 1.11 bits per heavy atom. The van der Waals surface area contributed by atoms with E-state index in [2.05, 4.69) is 36.1 Å². The van der Waals surface area contributed by atoms with Crippen molar-refractivity contribution >= 4 is 17.3 Å². The molecule has 0 saturated carbocycles. The van der Waals surface area contributed by atoms with Gasteiger partial charge >= 0.3 is 0 Å². The van der Waals surface area contributed by atoms with E-state index in [1.807, 2.05) is 19.0 Å². The molecule has 1 fully saturated rings. The Morgan fingerprint density at radius 3 is 2.43 bits per heavy atom. The van der Waals surface area contributed by atoms with Crippen molar-refractivity contribution in [2.75, 3.05) is 45.2 Å². The monoisotopic (exact) mass is 382 g/mol. The highest BCUT2D eigenvalue weighted by molar-refractivity contribution is 6.00. The molecule has 1 saturated heterocycles. The average molecular weight is 382 g/mol. The lowest BCUT2D eigenvalue weighted by atomic mass is 10.1. The van der Waals surface area contributed by atoms with Gasteiger partial charge in [0.25, 0.3) is 11.6 Å². The van der Waals surface area contributed by atoms with Crippen molar-refractivity contribution in [2.45, 2.75) is 13.5 Å². The number of piperazine rings is 1. The number of benzene rings is 2. The number of carbonyl (C=O) groups excluding carboxylic acids is 1. The predicted molar refractivity (Wildman–Crippen MR) is 110 cm³/mol. The maximum atomic E-state index is 13.1. The Morgan fingerprint density at radius 2 is 1.82 bits per heavy atom. The van der Waals surface area contributed by atoms with Crippen LogP contribution in [0, 0.1) is 17.0 Å². The van der Waals surface area contributed by atoms with Crippen molar-refractivity contribution in [1.82, 2.24) is 9.80 Å². The summed E-state index contributed by atoms with van der Waals surface area (Å²) in [5.74, 6) is -0.150. The van der Waals surface area contributed by atoms with Gasteiger partial charge < -0.3 is 9.80 Å². The van der Waals surface area contributed by atoms with Gasteiger partial charge in [-0.25, -0.2) is 0 Å². The molecule has 7 heteroatoms. The maximum absolute atomic E-state index is 13.1. The van der Waals surface area contributed by atoms with E-state index in [1.54, 1.807) is 11.0 Å². The minimum absolute atomic E-state index is 0.0629. The molecule has 1 aliphatic rings. The number of nitro groups is 1. The molecule has 1 amide bonds. The summed E-state index contributed by atoms with van der Waals surface area (Å²) in [5.41, 5.74) is 3.53. The van der Waals surface area contributed by atoms with Gasteiger partial charge in [0.2, 0.25) is 0 Å². The van der Waals surface area contributed by atoms with E-state index in [-0.39, 0.29) is 11.6 Å². The van der Waals surface area contributed by atoms with Crippen LogP contribution in [0.2, 0.25) is 0 Å². The standard InChI is InChI=1S/C21H26N4O3/c1-16-5-4-6-17(13-16)15-23-9-11-24(12-10-23)21(26)19-14-18(25(27)28)7-8-20(19)22(2)3/h4-8,13-14H,9-12,15H2,1-3H3. The Labute approximate surface area is 165 Å². The minimum atomic E-state index is -0.462. The number of hydrogen-bond acceptors (Lipinski definition) is 5. The second-order valence-corrected chi connectivity index (χ2v) is 7.41. The molecular formula is C21H26N4O3. The van der Waals surface area contributed by atoms with Gasteiger partial charge in [0.1, 0.15) is 0 Å². The smallest absolute Gasteiger partial charge is 0.270 e. The van der Waals surface area contributed by atoms with Crippen LogP contribution in [0.25, 0.3) is 0 Å². The zero-order valence-electron chi connectivity index (χ0n) is 16.6. The molecule has 0 aromatic heterocycles. The molecule has 3 rings (SSSR count). The third-order valence-electron chi connectivity index (χ3n) is 5.05. The number of nitro benzene ring substituents is 1. The molecular weight excluding hydrogens is 356 g/mol. The molecule has 2 aromatic carbocycles. The zero-order valence-corrected chi connectivity index (χ0v) is 16.6. The van der Waals surface area contributed by atoms with Gasteiger partial charge in [-0.3, -0.25) is 19.8 Å². The largest absolute Gasteiger partial charge is 0.377 e. The quantitative estimate of drug-likeness (QED) is 0.587. The van der Waals surface area contributed by atoms with Gasteiger partial charge in [-0.2, -0.15) is 0 Å². The fraction of sp³-hybridized carbons (Fsp3) is 0.381. The fourth-order valence-corrected chi connectivity index (χ4v) is 3.55. The Hall–Kier alpha value is -2.93. The molecule has 0 N–H and O–H groups in total. The number of non-ortho nitro benzene ring substituents is 1. The van der Waals surface area contributed by atoms with Crippen molar-refractivity contribution in [3.05, 3.63) is 69.3 Å². The summed E-state index contributed by atoms with van der Waals surface area (Å²) < 4.78 is 0. The van der Waals surface area contributed by atoms with Gasteiger partial charge in [-0.05, 0) is 18.6 Å². The summed E-state index contributed by atoms with van der Waals surface area (Å²) in [5, 5.41) is 11.1. The lowest BCUT2D eigenvalue weighted by Crippen LogP contribution is -2.48. The van der Waals surface area contributed by atoms with E-state index in [0.717, 1.165) is 19.6 Å². The number of nitrogens with zero attached hydrogens (tertiary/aromatic N) is 4. The Kier molecular flexibility index (Phi) is 5.94. The first-order valence-electron chi connectivity index (χ1n) is 9.38. The number of aryl methyl sites for hydroxylation is 1. The third kappa shape index (κ3) is 4.48. The van der Waals surface area contributed by atoms with Crippen LogP contribution in [0.4, 0.5) is 11.4 Å². The molecule has 0 bridgehead atoms. The predicted octanol–water partition coefficient (Wildman–Crippen LogP) is 2.93. The summed E-state index contributed by atoms with van der Waals surface area (Å²) in [6, 6.07) is 12.9. The first-order chi connectivity index (χ1) is 13.3. The Bertz CT molecular complexity index is 874. The Balaban J connectivity index is 1.69. The van der Waals surface area contributed by atoms with Crippen LogP contribution in [0.3, 0.4) is 0 Å². The molecule has 7 nitrogen and oxygen atoms in total. The molecule has 0 unspecified atom stereocenters. The highest BCUT2D eigenvalue weighted by atomic mass is 16.6. The van der Waals surface area contributed by atoms with Gasteiger partial charge in [0.05, 0.1) is 10.5 Å². The van der Waals surface area contributed by atoms with Crippen molar-refractivity contribution in [3.8, 4) is 0 Å². The summed E-state index contributed by atoms with van der Waals surface area (Å²) in [6.07, 6.45) is 0. The topological polar surface area (TPSA) is 69.9 Å². The second kappa shape index (κ2) is 8.39. The number of carbonyl (C=O) groups is 1. The van der Waals surface area contributed by atoms with E-state index in [0.29, 0.717) is 24.3 Å². The molecule has 0 aliphatic carbocycles. The number of hydrogen-bond donors (Lipinski definition) is 0. The van der Waals surface area contributed by atoms with Gasteiger partial charge in [0, 0.05) is 64.6 Å². The molecule has 0 radical (unpaired) electrons. The normalized spacial score (nSPS) is 14.8. The van der Waals surface area contributed by atoms with Crippen LogP contribution in [0.1, 0.15) is 21.5 Å². The van der Waals surface area contributed by atoms with E-state index in [9.17, 15) is 14.9 Å². The lowest BCUT2D eigenvalue weighted by Gasteiger charge is -2.35. The van der Waals surface area contributed by atoms with Crippen molar-refractivity contribution in [3.63, 3.8) is 0 Å². The maximum Gasteiger partial charge on any atom is 0.270 e. The number of amides is 1. The summed E-state index contributed by atoms with van der Waals surface area (Å²) in [6.45, 7) is 5.74. The van der Waals surface area contributed by atoms with Crippen LogP contribution in [-0.2, 0) is 6.54 Å². The van der Waals surface area contributed by atoms with E-state index >= 15 is 0 Å². The van der Waals surface area contributed by atoms with E-state index in [4.69, 9.17) is 0 Å². The SMILES string of the molecule is Cc1cccc(CN2CCN(C(=O)c3cc([N+](=O)[O-])ccc3N(C)C)CC2)c1. The molecule has 28 heavy (non-hydrogen) atoms. The van der Waals surface area contributed by atoms with Crippen LogP contribution >= 0.6 is 0 Å². The number of rotatable bonds is 5. The van der Waals surface area contributed by atoms with E-state index < -0.39 is 4.92 Å². The molecule has 148 valence electrons. The summed E-state index contributed by atoms with van der Waals surface area (Å²) >= 11 is 0. The highest BCUT2D eigenvalue weighted by Gasteiger charge is 2.26. The molecule has 1 heterocycles. The average Bonchev–Trinajstić information content (AvgIpc) is 2.67. The van der Waals surface area contributed by atoms with Crippen molar-refractivity contribution in [2.24, 2.45) is 0 Å². The molecule has 1 aliphatic heterocycles. The minimum Gasteiger partial charge on any atom is -0.377 e. The molecule has 0 atom stereocenters. The second-order valence-electron chi connectivity index (χ2n) is 7.41. The zero-order chi connectivity index (χ0) is 20.3. The summed E-state index contributed by atoms with van der Waals surface area (Å²) in [7, 11) is 3.66. The van der Waals surface area contributed by atoms with Crippen molar-refractivity contribution in [1.29, 1.82) is 0 Å². The van der Waals surface area contributed by atoms with Crippen LogP contribution in [-0.4, -0.2) is 60.9 Å². The van der Waals surface area contributed by atoms with Crippen LogP contribution in [0.5, 0.6) is 0 Å². The first-order valence-corrected chi connectivity index (χ1v) is 9.38. The highest BCUT2D eigenvalue weighted by Crippen LogP contribution is 2.26. The molecule has 2 aromatic rings. The summed E-state index contributed by atoms with van der Waals surface area (Å²) in [4.78, 5) is 29.7. The third-order valence-corrected chi connectivity index (χ3v) is 5.05. The first kappa shape index (κ1) is 19.8. The van der Waals surface area contributed by atoms with E-state index in [1.165, 1.54) is 23.3 Å².